The molecule has 0 aromatic rings. The van der Waals surface area contributed by atoms with Crippen molar-refractivity contribution in [3.8, 4) is 0 Å². The summed E-state index contributed by atoms with van der Waals surface area (Å²) in [6.45, 7) is 0. The molecular formula is C3H7ClFN. The van der Waals surface area contributed by atoms with Gasteiger partial charge in [0.15, 0.2) is 5.79 Å². The molecule has 6 heavy (non-hydrogen) atoms. The molecule has 0 radical (unpaired) electrons. The smallest absolute Gasteiger partial charge is 0.159 e. The van der Waals surface area contributed by atoms with Crippen LogP contribution in [-0.2, 0) is 0 Å². The van der Waals surface area contributed by atoms with E-state index in [2.05, 4.69) is 0 Å². The fourth-order valence-electron chi connectivity index (χ4n) is 0.119. The molecule has 38 valence electrons. The van der Waals surface area contributed by atoms with Gasteiger partial charge in [-0.15, -0.1) is 12.4 Å². The van der Waals surface area contributed by atoms with Crippen LogP contribution in [0.15, 0.2) is 0 Å². The van der Waals surface area contributed by atoms with Gasteiger partial charge in [-0.25, -0.2) is 4.39 Å². The first-order chi connectivity index (χ1) is 2.21. The Morgan fingerprint density at radius 2 is 1.67 bits per heavy atom. The highest BCUT2D eigenvalue weighted by Crippen LogP contribution is 2.32. The molecule has 1 aliphatic carbocycles. The average Bonchev–Trinajstić information content (AvgIpc) is 1.76. The van der Waals surface area contributed by atoms with Gasteiger partial charge in [-0.3, -0.25) is 5.73 Å². The number of nitrogens with two attached hydrogens (primary N) is 1. The molecular weight excluding hydrogens is 104 g/mol. The van der Waals surface area contributed by atoms with Gasteiger partial charge in [0.05, 0.1) is 0 Å². The quantitative estimate of drug-likeness (QED) is 0.461. The van der Waals surface area contributed by atoms with Crippen LogP contribution in [0, 0.1) is 0 Å². The minimum absolute atomic E-state index is 0. The van der Waals surface area contributed by atoms with Gasteiger partial charge >= 0.3 is 0 Å². The monoisotopic (exact) mass is 111 g/mol. The van der Waals surface area contributed by atoms with E-state index in [0.717, 1.165) is 0 Å². The first kappa shape index (κ1) is 6.18. The molecule has 0 saturated heterocycles. The molecule has 0 heterocycles. The molecule has 0 aliphatic heterocycles. The van der Waals surface area contributed by atoms with E-state index in [4.69, 9.17) is 5.73 Å². The standard InChI is InChI=1S/C3H6FN.ClH/c4-3(5)1-2-3;/h1-2,5H2;1H. The molecule has 0 bridgehead atoms. The third-order valence-electron chi connectivity index (χ3n) is 0.728. The lowest BCUT2D eigenvalue weighted by atomic mass is 10.7. The van der Waals surface area contributed by atoms with Crippen molar-refractivity contribution < 1.29 is 4.39 Å². The maximum Gasteiger partial charge on any atom is 0.159 e. The lowest BCUT2D eigenvalue weighted by Gasteiger charge is -1.83. The zero-order valence-corrected chi connectivity index (χ0v) is 4.09. The van der Waals surface area contributed by atoms with E-state index in [0.29, 0.717) is 12.8 Å². The van der Waals surface area contributed by atoms with Crippen molar-refractivity contribution >= 4 is 12.4 Å². The summed E-state index contributed by atoms with van der Waals surface area (Å²) in [6, 6.07) is 0. The van der Waals surface area contributed by atoms with E-state index in [-0.39, 0.29) is 12.4 Å². The highest BCUT2D eigenvalue weighted by Gasteiger charge is 2.37. The van der Waals surface area contributed by atoms with Crippen LogP contribution in [0.1, 0.15) is 12.8 Å². The molecule has 3 heteroatoms. The maximum atomic E-state index is 11.6. The molecule has 0 atom stereocenters. The Bertz CT molecular complexity index is 48.8. The molecule has 0 amide bonds. The third kappa shape index (κ3) is 1.58. The van der Waals surface area contributed by atoms with Gasteiger partial charge in [-0.05, 0) is 12.8 Å². The number of rotatable bonds is 0. The number of hydrogen-bond acceptors (Lipinski definition) is 1. The predicted molar refractivity (Wildman–Crippen MR) is 24.5 cm³/mol. The second kappa shape index (κ2) is 1.35. The SMILES string of the molecule is Cl.NC1(F)CC1. The van der Waals surface area contributed by atoms with Crippen molar-refractivity contribution in [3.05, 3.63) is 0 Å². The minimum atomic E-state index is -1.25. The van der Waals surface area contributed by atoms with Crippen molar-refractivity contribution in [1.82, 2.24) is 0 Å². The largest absolute Gasteiger partial charge is 0.299 e. The summed E-state index contributed by atoms with van der Waals surface area (Å²) < 4.78 is 11.6. The third-order valence-corrected chi connectivity index (χ3v) is 0.728. The summed E-state index contributed by atoms with van der Waals surface area (Å²) in [6.07, 6.45) is 1.12. The van der Waals surface area contributed by atoms with Gasteiger partial charge in [0.2, 0.25) is 0 Å². The van der Waals surface area contributed by atoms with Crippen LogP contribution in [-0.4, -0.2) is 5.79 Å². The predicted octanol–water partition coefficient (Wildman–Crippen LogP) is 0.827. The van der Waals surface area contributed by atoms with E-state index in [1.807, 2.05) is 0 Å². The van der Waals surface area contributed by atoms with Gasteiger partial charge in [-0.2, -0.15) is 0 Å². The zero-order valence-electron chi connectivity index (χ0n) is 3.28. The van der Waals surface area contributed by atoms with Crippen LogP contribution < -0.4 is 5.73 Å². The summed E-state index contributed by atoms with van der Waals surface area (Å²) >= 11 is 0. The van der Waals surface area contributed by atoms with Crippen LogP contribution >= 0.6 is 12.4 Å². The number of hydrogen-bond donors (Lipinski definition) is 1. The van der Waals surface area contributed by atoms with Gasteiger partial charge < -0.3 is 0 Å². The molecule has 1 aliphatic rings. The minimum Gasteiger partial charge on any atom is -0.299 e. The second-order valence-electron chi connectivity index (χ2n) is 1.53. The molecule has 1 nitrogen and oxygen atoms in total. The highest BCUT2D eigenvalue weighted by molar-refractivity contribution is 5.85. The molecule has 1 rings (SSSR count). The van der Waals surface area contributed by atoms with E-state index < -0.39 is 5.79 Å². The Hall–Kier alpha value is 0.180. The van der Waals surface area contributed by atoms with E-state index in [1.165, 1.54) is 0 Å². The van der Waals surface area contributed by atoms with E-state index >= 15 is 0 Å². The first-order valence-electron chi connectivity index (χ1n) is 1.68. The Morgan fingerprint density at radius 1 is 1.50 bits per heavy atom. The molecule has 2 N–H and O–H groups in total. The Morgan fingerprint density at radius 3 is 1.67 bits per heavy atom. The number of halogens is 2. The molecule has 1 saturated carbocycles. The van der Waals surface area contributed by atoms with Crippen molar-refractivity contribution in [2.45, 2.75) is 18.6 Å². The van der Waals surface area contributed by atoms with Crippen molar-refractivity contribution in [3.63, 3.8) is 0 Å². The molecule has 0 aromatic heterocycles. The summed E-state index contributed by atoms with van der Waals surface area (Å²) in [5, 5.41) is 0. The van der Waals surface area contributed by atoms with Crippen LogP contribution in [0.4, 0.5) is 4.39 Å². The van der Waals surface area contributed by atoms with Crippen LogP contribution in [0.3, 0.4) is 0 Å². The van der Waals surface area contributed by atoms with Crippen LogP contribution in [0.5, 0.6) is 0 Å². The average molecular weight is 112 g/mol. The second-order valence-corrected chi connectivity index (χ2v) is 1.53. The molecule has 0 unspecified atom stereocenters. The van der Waals surface area contributed by atoms with Crippen molar-refractivity contribution in [2.75, 3.05) is 0 Å². The summed E-state index contributed by atoms with van der Waals surface area (Å²) in [4.78, 5) is 0. The Balaban J connectivity index is 0.000000250. The van der Waals surface area contributed by atoms with Gasteiger partial charge in [0.1, 0.15) is 0 Å². The van der Waals surface area contributed by atoms with E-state index in [9.17, 15) is 4.39 Å². The molecule has 0 spiro atoms. The highest BCUT2D eigenvalue weighted by atomic mass is 35.5. The lowest BCUT2D eigenvalue weighted by molar-refractivity contribution is 0.321. The fourth-order valence-corrected chi connectivity index (χ4v) is 0.119. The summed E-state index contributed by atoms with van der Waals surface area (Å²) in [5.41, 5.74) is 4.80. The topological polar surface area (TPSA) is 26.0 Å². The van der Waals surface area contributed by atoms with Crippen molar-refractivity contribution in [1.29, 1.82) is 0 Å². The number of alkyl halides is 1. The summed E-state index contributed by atoms with van der Waals surface area (Å²) in [7, 11) is 0. The summed E-state index contributed by atoms with van der Waals surface area (Å²) in [5.74, 6) is -1.25. The van der Waals surface area contributed by atoms with E-state index in [1.54, 1.807) is 0 Å². The Labute approximate surface area is 42.1 Å². The normalized spacial score (nSPS) is 25.0. The maximum absolute atomic E-state index is 11.6. The molecule has 1 fully saturated rings. The van der Waals surface area contributed by atoms with Crippen LogP contribution in [0.2, 0.25) is 0 Å². The van der Waals surface area contributed by atoms with Gasteiger partial charge in [0, 0.05) is 0 Å². The Kier molecular flexibility index (Phi) is 1.39. The first-order valence-corrected chi connectivity index (χ1v) is 1.68. The van der Waals surface area contributed by atoms with Gasteiger partial charge in [0.25, 0.3) is 0 Å². The van der Waals surface area contributed by atoms with Crippen LogP contribution in [0.25, 0.3) is 0 Å². The zero-order chi connectivity index (χ0) is 3.91. The molecule has 0 aromatic carbocycles. The van der Waals surface area contributed by atoms with Gasteiger partial charge in [-0.1, -0.05) is 0 Å². The lowest BCUT2D eigenvalue weighted by Crippen LogP contribution is -2.12. The fraction of sp³-hybridized carbons (Fsp3) is 1.00. The van der Waals surface area contributed by atoms with Crippen molar-refractivity contribution in [2.24, 2.45) is 5.73 Å².